The molecule has 6 nitrogen and oxygen atoms in total. The molecule has 0 spiro atoms. The summed E-state index contributed by atoms with van der Waals surface area (Å²) < 4.78 is 42.7. The van der Waals surface area contributed by atoms with Gasteiger partial charge in [-0.3, -0.25) is 4.57 Å². The molecule has 0 bridgehead atoms. The third-order valence-electron chi connectivity index (χ3n) is 6.05. The summed E-state index contributed by atoms with van der Waals surface area (Å²) in [5.41, 5.74) is -0.0258. The van der Waals surface area contributed by atoms with Crippen LogP contribution < -0.4 is 4.90 Å². The SMILES string of the molecule is CCC1c2nnc(C)n2-c2cnc(-c3ccccc3C(F)(F)F)nc2N1C1CCC1. The highest BCUT2D eigenvalue weighted by Gasteiger charge is 2.41. The van der Waals surface area contributed by atoms with E-state index in [9.17, 15) is 13.2 Å². The average Bonchev–Trinajstić information content (AvgIpc) is 3.07. The highest BCUT2D eigenvalue weighted by atomic mass is 19.4. The first-order valence-corrected chi connectivity index (χ1v) is 10.1. The number of alkyl halides is 3. The highest BCUT2D eigenvalue weighted by Crippen LogP contribution is 2.45. The van der Waals surface area contributed by atoms with Crippen LogP contribution in [0.25, 0.3) is 17.1 Å². The van der Waals surface area contributed by atoms with E-state index >= 15 is 0 Å². The van der Waals surface area contributed by atoms with Gasteiger partial charge in [0.25, 0.3) is 0 Å². The van der Waals surface area contributed by atoms with Gasteiger partial charge in [0.1, 0.15) is 11.5 Å². The Labute approximate surface area is 171 Å². The number of hydrogen-bond acceptors (Lipinski definition) is 5. The lowest BCUT2D eigenvalue weighted by Gasteiger charge is -2.45. The molecule has 3 heterocycles. The Hall–Kier alpha value is -2.97. The molecular formula is C21H21F3N6. The van der Waals surface area contributed by atoms with E-state index in [1.54, 1.807) is 12.3 Å². The Bertz CT molecular complexity index is 1100. The quantitative estimate of drug-likeness (QED) is 0.612. The number of benzene rings is 1. The van der Waals surface area contributed by atoms with Gasteiger partial charge in [0.05, 0.1) is 17.8 Å². The fourth-order valence-electron chi connectivity index (χ4n) is 4.41. The standard InChI is InChI=1S/C21H21F3N6/c1-3-16-20-28-27-12(2)29(20)17-11-25-18(26-19(17)30(16)13-7-6-8-13)14-9-4-5-10-15(14)21(22,23)24/h4-5,9-11,13,16H,3,6-8H2,1-2H3. The van der Waals surface area contributed by atoms with Crippen LogP contribution >= 0.6 is 0 Å². The first-order valence-electron chi connectivity index (χ1n) is 10.1. The zero-order valence-corrected chi connectivity index (χ0v) is 16.7. The zero-order chi connectivity index (χ0) is 21.0. The smallest absolute Gasteiger partial charge is 0.342 e. The van der Waals surface area contributed by atoms with Gasteiger partial charge in [-0.1, -0.05) is 25.1 Å². The summed E-state index contributed by atoms with van der Waals surface area (Å²) in [7, 11) is 0. The minimum Gasteiger partial charge on any atom is -0.342 e. The number of anilines is 1. The van der Waals surface area contributed by atoms with Crippen molar-refractivity contribution in [2.24, 2.45) is 0 Å². The topological polar surface area (TPSA) is 59.7 Å². The monoisotopic (exact) mass is 414 g/mol. The summed E-state index contributed by atoms with van der Waals surface area (Å²) >= 11 is 0. The second-order valence-electron chi connectivity index (χ2n) is 7.80. The molecule has 0 radical (unpaired) electrons. The minimum absolute atomic E-state index is 0.0133. The molecule has 1 aromatic carbocycles. The Morgan fingerprint density at radius 3 is 2.57 bits per heavy atom. The summed E-state index contributed by atoms with van der Waals surface area (Å²) in [4.78, 5) is 11.3. The third kappa shape index (κ3) is 2.79. The van der Waals surface area contributed by atoms with E-state index in [4.69, 9.17) is 4.98 Å². The second-order valence-corrected chi connectivity index (χ2v) is 7.80. The fourth-order valence-corrected chi connectivity index (χ4v) is 4.41. The van der Waals surface area contributed by atoms with Gasteiger partial charge in [0.2, 0.25) is 0 Å². The normalized spacial score (nSPS) is 18.7. The van der Waals surface area contributed by atoms with Crippen LogP contribution in [0.1, 0.15) is 55.9 Å². The number of hydrogen-bond donors (Lipinski definition) is 0. The first kappa shape index (κ1) is 19.0. The first-order chi connectivity index (χ1) is 14.4. The van der Waals surface area contributed by atoms with Gasteiger partial charge in [-0.05, 0) is 38.7 Å². The summed E-state index contributed by atoms with van der Waals surface area (Å²) in [5, 5.41) is 8.63. The van der Waals surface area contributed by atoms with Crippen LogP contribution in [0.5, 0.6) is 0 Å². The largest absolute Gasteiger partial charge is 0.417 e. The lowest BCUT2D eigenvalue weighted by molar-refractivity contribution is -0.137. The van der Waals surface area contributed by atoms with Gasteiger partial charge < -0.3 is 4.90 Å². The Balaban J connectivity index is 1.72. The van der Waals surface area contributed by atoms with E-state index in [1.807, 2.05) is 11.5 Å². The van der Waals surface area contributed by atoms with Gasteiger partial charge >= 0.3 is 6.18 Å². The molecule has 0 N–H and O–H groups in total. The molecule has 0 amide bonds. The number of nitrogens with zero attached hydrogens (tertiary/aromatic N) is 6. The van der Waals surface area contributed by atoms with Crippen LogP contribution in [-0.2, 0) is 6.18 Å². The number of rotatable bonds is 3. The zero-order valence-electron chi connectivity index (χ0n) is 16.7. The average molecular weight is 414 g/mol. The predicted octanol–water partition coefficient (Wildman–Crippen LogP) is 4.88. The van der Waals surface area contributed by atoms with Crippen molar-refractivity contribution >= 4 is 5.82 Å². The molecule has 30 heavy (non-hydrogen) atoms. The summed E-state index contributed by atoms with van der Waals surface area (Å²) in [5.74, 6) is 2.28. The Kier molecular flexibility index (Phi) is 4.30. The maximum atomic E-state index is 13.6. The lowest BCUT2D eigenvalue weighted by atomic mass is 9.89. The molecule has 1 saturated carbocycles. The van der Waals surface area contributed by atoms with Crippen LogP contribution in [0, 0.1) is 6.92 Å². The fraction of sp³-hybridized carbons (Fsp3) is 0.429. The highest BCUT2D eigenvalue weighted by molar-refractivity contribution is 5.69. The van der Waals surface area contributed by atoms with Crippen molar-refractivity contribution in [3.63, 3.8) is 0 Å². The molecule has 2 aromatic heterocycles. The lowest BCUT2D eigenvalue weighted by Crippen LogP contribution is -2.46. The van der Waals surface area contributed by atoms with E-state index in [0.29, 0.717) is 17.7 Å². The molecule has 1 aliphatic heterocycles. The van der Waals surface area contributed by atoms with Crippen molar-refractivity contribution in [2.75, 3.05) is 4.90 Å². The van der Waals surface area contributed by atoms with Crippen LogP contribution in [-0.4, -0.2) is 30.8 Å². The van der Waals surface area contributed by atoms with E-state index in [0.717, 1.165) is 43.3 Å². The third-order valence-corrected chi connectivity index (χ3v) is 6.05. The van der Waals surface area contributed by atoms with Crippen molar-refractivity contribution in [3.8, 4) is 17.1 Å². The Morgan fingerprint density at radius 2 is 1.90 bits per heavy atom. The van der Waals surface area contributed by atoms with Crippen molar-refractivity contribution in [2.45, 2.75) is 57.8 Å². The molecular weight excluding hydrogens is 393 g/mol. The second kappa shape index (κ2) is 6.78. The molecule has 1 fully saturated rings. The molecule has 1 atom stereocenters. The van der Waals surface area contributed by atoms with Crippen molar-refractivity contribution in [1.29, 1.82) is 0 Å². The Morgan fingerprint density at radius 1 is 1.13 bits per heavy atom. The molecule has 3 aromatic rings. The predicted molar refractivity (Wildman–Crippen MR) is 105 cm³/mol. The van der Waals surface area contributed by atoms with Crippen LogP contribution in [0.15, 0.2) is 30.5 Å². The molecule has 156 valence electrons. The maximum absolute atomic E-state index is 13.6. The number of aryl methyl sites for hydroxylation is 1. The number of fused-ring (bicyclic) bond motifs is 3. The van der Waals surface area contributed by atoms with Gasteiger partial charge in [-0.2, -0.15) is 13.2 Å². The van der Waals surface area contributed by atoms with E-state index in [-0.39, 0.29) is 17.4 Å². The summed E-state index contributed by atoms with van der Waals surface area (Å²) in [6.45, 7) is 3.94. The summed E-state index contributed by atoms with van der Waals surface area (Å²) in [6, 6.07) is 5.72. The van der Waals surface area contributed by atoms with Crippen LogP contribution in [0.2, 0.25) is 0 Å². The molecule has 2 aliphatic rings. The van der Waals surface area contributed by atoms with Crippen molar-refractivity contribution < 1.29 is 13.2 Å². The van der Waals surface area contributed by atoms with Gasteiger partial charge in [0.15, 0.2) is 17.5 Å². The molecule has 9 heteroatoms. The van der Waals surface area contributed by atoms with E-state index in [2.05, 4.69) is 27.0 Å². The molecule has 1 unspecified atom stereocenters. The number of halogens is 3. The molecule has 0 saturated heterocycles. The van der Waals surface area contributed by atoms with E-state index in [1.165, 1.54) is 12.1 Å². The molecule has 5 rings (SSSR count). The minimum atomic E-state index is -4.48. The van der Waals surface area contributed by atoms with Gasteiger partial charge in [-0.15, -0.1) is 10.2 Å². The van der Waals surface area contributed by atoms with E-state index < -0.39 is 11.7 Å². The van der Waals surface area contributed by atoms with Crippen LogP contribution in [0.4, 0.5) is 19.0 Å². The summed E-state index contributed by atoms with van der Waals surface area (Å²) in [6.07, 6.45) is 1.11. The van der Waals surface area contributed by atoms with Gasteiger partial charge in [0, 0.05) is 11.6 Å². The van der Waals surface area contributed by atoms with Crippen molar-refractivity contribution in [1.82, 2.24) is 24.7 Å². The van der Waals surface area contributed by atoms with Gasteiger partial charge in [-0.25, -0.2) is 9.97 Å². The van der Waals surface area contributed by atoms with Crippen molar-refractivity contribution in [3.05, 3.63) is 47.7 Å². The number of aromatic nitrogens is 5. The maximum Gasteiger partial charge on any atom is 0.417 e. The molecule has 1 aliphatic carbocycles. The van der Waals surface area contributed by atoms with Crippen LogP contribution in [0.3, 0.4) is 0 Å².